The molecule has 1 fully saturated rings. The summed E-state index contributed by atoms with van der Waals surface area (Å²) in [6, 6.07) is 0.518. The van der Waals surface area contributed by atoms with E-state index in [1.165, 1.54) is 12.8 Å². The van der Waals surface area contributed by atoms with Crippen molar-refractivity contribution in [1.82, 2.24) is 5.32 Å². The van der Waals surface area contributed by atoms with Crippen LogP contribution in [0.1, 0.15) is 60.3 Å². The molecule has 0 aromatic carbocycles. The summed E-state index contributed by atoms with van der Waals surface area (Å²) in [4.78, 5) is 12.1. The molecule has 0 saturated heterocycles. The van der Waals surface area contributed by atoms with E-state index in [1.54, 1.807) is 0 Å². The molecule has 112 valence electrons. The molecule has 1 aliphatic rings. The van der Waals surface area contributed by atoms with Crippen molar-refractivity contribution in [3.63, 3.8) is 0 Å². The van der Waals surface area contributed by atoms with Crippen LogP contribution in [0.4, 0.5) is 0 Å². The Balaban J connectivity index is 2.42. The Kier molecular flexibility index (Phi) is 6.18. The van der Waals surface area contributed by atoms with Gasteiger partial charge in [-0.1, -0.05) is 20.8 Å². The zero-order chi connectivity index (χ0) is 14.5. The third-order valence-corrected chi connectivity index (χ3v) is 4.54. The van der Waals surface area contributed by atoms with E-state index in [4.69, 9.17) is 4.74 Å². The molecule has 0 amide bonds. The van der Waals surface area contributed by atoms with Gasteiger partial charge in [0.25, 0.3) is 0 Å². The molecule has 19 heavy (non-hydrogen) atoms. The van der Waals surface area contributed by atoms with Gasteiger partial charge in [-0.05, 0) is 45.3 Å². The van der Waals surface area contributed by atoms with Gasteiger partial charge in [0.2, 0.25) is 0 Å². The smallest absolute Gasteiger partial charge is 0.326 e. The predicted octanol–water partition coefficient (Wildman–Crippen LogP) is 3.37. The standard InChI is InChI=1S/C15H29NO2S/c1-6-18-13(17)15(5,16-12-8-9-12)10-7-11-19-14(2,3)4/h12,16H,6-11H2,1-5H3. The first kappa shape index (κ1) is 16.8. The van der Waals surface area contributed by atoms with Crippen LogP contribution in [0.25, 0.3) is 0 Å². The lowest BCUT2D eigenvalue weighted by Crippen LogP contribution is -2.51. The van der Waals surface area contributed by atoms with Gasteiger partial charge in [-0.25, -0.2) is 0 Å². The maximum absolute atomic E-state index is 12.1. The van der Waals surface area contributed by atoms with Crippen molar-refractivity contribution in [2.24, 2.45) is 0 Å². The lowest BCUT2D eigenvalue weighted by atomic mass is 9.96. The highest BCUT2D eigenvalue weighted by Gasteiger charge is 2.39. The summed E-state index contributed by atoms with van der Waals surface area (Å²) in [5, 5.41) is 3.47. The van der Waals surface area contributed by atoms with E-state index in [0.29, 0.717) is 17.4 Å². The van der Waals surface area contributed by atoms with E-state index in [-0.39, 0.29) is 5.97 Å². The largest absolute Gasteiger partial charge is 0.465 e. The van der Waals surface area contributed by atoms with Gasteiger partial charge in [0, 0.05) is 10.8 Å². The lowest BCUT2D eigenvalue weighted by Gasteiger charge is -2.29. The molecule has 1 unspecified atom stereocenters. The number of carbonyl (C=O) groups is 1. The summed E-state index contributed by atoms with van der Waals surface area (Å²) in [6.45, 7) is 11.0. The molecule has 0 aliphatic heterocycles. The molecule has 1 aliphatic carbocycles. The fourth-order valence-electron chi connectivity index (χ4n) is 2.01. The number of thioether (sulfide) groups is 1. The van der Waals surface area contributed by atoms with Crippen LogP contribution >= 0.6 is 11.8 Å². The lowest BCUT2D eigenvalue weighted by molar-refractivity contribution is -0.151. The molecule has 0 bridgehead atoms. The van der Waals surface area contributed by atoms with Gasteiger partial charge in [0.15, 0.2) is 0 Å². The van der Waals surface area contributed by atoms with Crippen LogP contribution in [-0.2, 0) is 9.53 Å². The van der Waals surface area contributed by atoms with E-state index >= 15 is 0 Å². The molecule has 4 heteroatoms. The minimum absolute atomic E-state index is 0.0948. The summed E-state index contributed by atoms with van der Waals surface area (Å²) in [7, 11) is 0. The van der Waals surface area contributed by atoms with E-state index in [2.05, 4.69) is 26.1 Å². The van der Waals surface area contributed by atoms with Crippen LogP contribution in [0, 0.1) is 0 Å². The average Bonchev–Trinajstić information content (AvgIpc) is 3.07. The van der Waals surface area contributed by atoms with Crippen molar-refractivity contribution in [1.29, 1.82) is 0 Å². The van der Waals surface area contributed by atoms with E-state index in [1.807, 2.05) is 25.6 Å². The second kappa shape index (κ2) is 6.98. The van der Waals surface area contributed by atoms with Gasteiger partial charge < -0.3 is 4.74 Å². The van der Waals surface area contributed by atoms with Gasteiger partial charge in [-0.15, -0.1) is 0 Å². The molecule has 3 nitrogen and oxygen atoms in total. The average molecular weight is 287 g/mol. The number of hydrogen-bond donors (Lipinski definition) is 1. The molecule has 1 rings (SSSR count). The van der Waals surface area contributed by atoms with E-state index in [9.17, 15) is 4.79 Å². The molecule has 0 radical (unpaired) electrons. The molecular weight excluding hydrogens is 258 g/mol. The van der Waals surface area contributed by atoms with Crippen molar-refractivity contribution in [2.75, 3.05) is 12.4 Å². The monoisotopic (exact) mass is 287 g/mol. The SMILES string of the molecule is CCOC(=O)C(C)(CCCSC(C)(C)C)NC1CC1. The maximum atomic E-state index is 12.1. The van der Waals surface area contributed by atoms with Crippen molar-refractivity contribution in [2.45, 2.75) is 76.6 Å². The number of ether oxygens (including phenoxy) is 1. The third kappa shape index (κ3) is 6.66. The van der Waals surface area contributed by atoms with Crippen molar-refractivity contribution in [3.05, 3.63) is 0 Å². The molecular formula is C15H29NO2S. The highest BCUT2D eigenvalue weighted by Crippen LogP contribution is 2.28. The maximum Gasteiger partial charge on any atom is 0.326 e. The summed E-state index contributed by atoms with van der Waals surface area (Å²) < 4.78 is 5.52. The fraction of sp³-hybridized carbons (Fsp3) is 0.933. The van der Waals surface area contributed by atoms with E-state index in [0.717, 1.165) is 18.6 Å². The molecule has 1 saturated carbocycles. The Labute approximate surface area is 122 Å². The quantitative estimate of drug-likeness (QED) is 0.549. The molecule has 1 atom stereocenters. The van der Waals surface area contributed by atoms with Crippen LogP contribution in [0.3, 0.4) is 0 Å². The molecule has 0 aromatic heterocycles. The van der Waals surface area contributed by atoms with Crippen LogP contribution in [0.2, 0.25) is 0 Å². The summed E-state index contributed by atoms with van der Waals surface area (Å²) in [5.41, 5.74) is -0.504. The van der Waals surface area contributed by atoms with Gasteiger partial charge in [-0.2, -0.15) is 11.8 Å². The molecule has 0 spiro atoms. The summed E-state index contributed by atoms with van der Waals surface area (Å²) in [5.74, 6) is 0.993. The minimum Gasteiger partial charge on any atom is -0.465 e. The van der Waals surface area contributed by atoms with Crippen molar-refractivity contribution < 1.29 is 9.53 Å². The number of rotatable bonds is 8. The second-order valence-corrected chi connectivity index (χ2v) is 8.46. The minimum atomic E-state index is -0.504. The van der Waals surface area contributed by atoms with Crippen molar-refractivity contribution in [3.8, 4) is 0 Å². The highest BCUT2D eigenvalue weighted by molar-refractivity contribution is 8.00. The third-order valence-electron chi connectivity index (χ3n) is 3.18. The Morgan fingerprint density at radius 2 is 1.95 bits per heavy atom. The van der Waals surface area contributed by atoms with Gasteiger partial charge >= 0.3 is 5.97 Å². The Hall–Kier alpha value is -0.220. The normalized spacial score (nSPS) is 19.0. The van der Waals surface area contributed by atoms with Gasteiger partial charge in [0.05, 0.1) is 6.61 Å². The first-order valence-corrected chi connectivity index (χ1v) is 8.34. The van der Waals surface area contributed by atoms with Crippen LogP contribution in [0.5, 0.6) is 0 Å². The Morgan fingerprint density at radius 3 is 2.42 bits per heavy atom. The topological polar surface area (TPSA) is 38.3 Å². The Bertz CT molecular complexity index is 297. The fourth-order valence-corrected chi connectivity index (χ4v) is 2.91. The molecule has 0 aromatic rings. The van der Waals surface area contributed by atoms with Crippen LogP contribution in [-0.4, -0.2) is 34.7 Å². The molecule has 1 N–H and O–H groups in total. The van der Waals surface area contributed by atoms with Crippen LogP contribution < -0.4 is 5.32 Å². The zero-order valence-electron chi connectivity index (χ0n) is 13.0. The Morgan fingerprint density at radius 1 is 1.32 bits per heavy atom. The van der Waals surface area contributed by atoms with Gasteiger partial charge in [-0.3, -0.25) is 10.1 Å². The van der Waals surface area contributed by atoms with Crippen LogP contribution in [0.15, 0.2) is 0 Å². The van der Waals surface area contributed by atoms with E-state index < -0.39 is 5.54 Å². The number of carbonyl (C=O) groups excluding carboxylic acids is 1. The number of hydrogen-bond acceptors (Lipinski definition) is 4. The number of nitrogens with one attached hydrogen (secondary N) is 1. The summed E-state index contributed by atoms with van der Waals surface area (Å²) >= 11 is 1.95. The van der Waals surface area contributed by atoms with Crippen molar-refractivity contribution >= 4 is 17.7 Å². The zero-order valence-corrected chi connectivity index (χ0v) is 13.9. The molecule has 0 heterocycles. The summed E-state index contributed by atoms with van der Waals surface area (Å²) in [6.07, 6.45) is 4.26. The first-order valence-electron chi connectivity index (χ1n) is 7.36. The number of esters is 1. The first-order chi connectivity index (χ1) is 8.77. The highest BCUT2D eigenvalue weighted by atomic mass is 32.2. The predicted molar refractivity (Wildman–Crippen MR) is 82.6 cm³/mol. The second-order valence-electron chi connectivity index (χ2n) is 6.54. The van der Waals surface area contributed by atoms with Gasteiger partial charge in [0.1, 0.15) is 5.54 Å².